The van der Waals surface area contributed by atoms with E-state index in [0.29, 0.717) is 10.9 Å². The summed E-state index contributed by atoms with van der Waals surface area (Å²) >= 11 is 3.08. The largest absolute Gasteiger partial charge is 0.348 e. The van der Waals surface area contributed by atoms with Gasteiger partial charge in [-0.25, -0.2) is 22.5 Å². The fourth-order valence-corrected chi connectivity index (χ4v) is 2.93. The molecule has 5 nitrogen and oxygen atoms in total. The molecule has 0 saturated heterocycles. The van der Waals surface area contributed by atoms with Gasteiger partial charge in [0.1, 0.15) is 10.7 Å². The Hall–Kier alpha value is -1.25. The molecule has 0 spiro atoms. The Morgan fingerprint density at radius 1 is 1.42 bits per heavy atom. The van der Waals surface area contributed by atoms with Crippen molar-refractivity contribution < 1.29 is 12.8 Å². The number of aromatic amines is 1. The molecule has 1 heterocycles. The molecule has 1 aromatic carbocycles. The summed E-state index contributed by atoms with van der Waals surface area (Å²) in [4.78, 5) is 6.32. The lowest BCUT2D eigenvalue weighted by atomic mass is 10.3. The number of sulfonamides is 1. The van der Waals surface area contributed by atoms with Crippen LogP contribution in [0.15, 0.2) is 40.1 Å². The van der Waals surface area contributed by atoms with Crippen LogP contribution in [0.3, 0.4) is 0 Å². The predicted octanol–water partition coefficient (Wildman–Crippen LogP) is 1.83. The molecular weight excluding hydrogens is 337 g/mol. The van der Waals surface area contributed by atoms with E-state index in [9.17, 15) is 12.8 Å². The molecule has 2 aromatic rings. The second kappa shape index (κ2) is 5.81. The van der Waals surface area contributed by atoms with Crippen LogP contribution < -0.4 is 4.72 Å². The van der Waals surface area contributed by atoms with Gasteiger partial charge >= 0.3 is 0 Å². The molecule has 102 valence electrons. The minimum atomic E-state index is -3.84. The predicted molar refractivity (Wildman–Crippen MR) is 71.6 cm³/mol. The van der Waals surface area contributed by atoms with Crippen molar-refractivity contribution >= 4 is 26.0 Å². The van der Waals surface area contributed by atoms with E-state index in [4.69, 9.17) is 0 Å². The van der Waals surface area contributed by atoms with Gasteiger partial charge in [-0.3, -0.25) is 0 Å². The number of rotatable bonds is 5. The molecule has 0 bridgehead atoms. The number of hydrogen-bond acceptors (Lipinski definition) is 3. The monoisotopic (exact) mass is 347 g/mol. The maximum absolute atomic E-state index is 13.6. The summed E-state index contributed by atoms with van der Waals surface area (Å²) in [5.74, 6) is -0.789. The van der Waals surface area contributed by atoms with Crippen LogP contribution in [0, 0.1) is 5.82 Å². The third-order valence-electron chi connectivity index (χ3n) is 2.42. The van der Waals surface area contributed by atoms with E-state index >= 15 is 0 Å². The van der Waals surface area contributed by atoms with E-state index in [1.807, 2.05) is 0 Å². The molecule has 0 radical (unpaired) electrons. The molecule has 0 unspecified atom stereocenters. The van der Waals surface area contributed by atoms with E-state index in [0.717, 1.165) is 11.8 Å². The lowest BCUT2D eigenvalue weighted by Crippen LogP contribution is -2.26. The smallest absolute Gasteiger partial charge is 0.243 e. The lowest BCUT2D eigenvalue weighted by Gasteiger charge is -2.07. The molecule has 2 N–H and O–H groups in total. The number of aromatic nitrogens is 2. The Labute approximate surface area is 118 Å². The van der Waals surface area contributed by atoms with Gasteiger partial charge in [0.15, 0.2) is 0 Å². The van der Waals surface area contributed by atoms with Crippen molar-refractivity contribution in [1.82, 2.24) is 14.7 Å². The zero-order valence-corrected chi connectivity index (χ0v) is 12.1. The van der Waals surface area contributed by atoms with Gasteiger partial charge in [0.05, 0.1) is 6.33 Å². The van der Waals surface area contributed by atoms with E-state index in [-0.39, 0.29) is 11.4 Å². The van der Waals surface area contributed by atoms with Crippen LogP contribution in [0.4, 0.5) is 4.39 Å². The first kappa shape index (κ1) is 14.2. The van der Waals surface area contributed by atoms with Gasteiger partial charge in [-0.2, -0.15) is 0 Å². The van der Waals surface area contributed by atoms with Crippen LogP contribution in [0.1, 0.15) is 5.69 Å². The number of imidazole rings is 1. The highest BCUT2D eigenvalue weighted by Gasteiger charge is 2.18. The van der Waals surface area contributed by atoms with Gasteiger partial charge in [-0.15, -0.1) is 0 Å². The van der Waals surface area contributed by atoms with Crippen LogP contribution in [-0.4, -0.2) is 24.9 Å². The van der Waals surface area contributed by atoms with Crippen LogP contribution in [0.25, 0.3) is 0 Å². The highest BCUT2D eigenvalue weighted by atomic mass is 79.9. The van der Waals surface area contributed by atoms with E-state index in [2.05, 4.69) is 30.6 Å². The fourth-order valence-electron chi connectivity index (χ4n) is 1.51. The molecule has 0 saturated carbocycles. The topological polar surface area (TPSA) is 74.8 Å². The molecular formula is C11H11BrFN3O2S. The zero-order valence-electron chi connectivity index (χ0n) is 9.73. The third-order valence-corrected chi connectivity index (χ3v) is 4.41. The first-order valence-electron chi connectivity index (χ1n) is 5.41. The van der Waals surface area contributed by atoms with Crippen molar-refractivity contribution in [2.45, 2.75) is 11.3 Å². The highest BCUT2D eigenvalue weighted by Crippen LogP contribution is 2.19. The average molecular weight is 348 g/mol. The number of hydrogen-bond donors (Lipinski definition) is 2. The van der Waals surface area contributed by atoms with Gasteiger partial charge in [0, 0.05) is 29.3 Å². The average Bonchev–Trinajstić information content (AvgIpc) is 2.81. The SMILES string of the molecule is O=S(=O)(NCCc1cnc[nH]1)c1ccc(Br)cc1F. The van der Waals surface area contributed by atoms with Gasteiger partial charge in [-0.1, -0.05) is 15.9 Å². The molecule has 1 aromatic heterocycles. The Morgan fingerprint density at radius 3 is 2.84 bits per heavy atom. The highest BCUT2D eigenvalue weighted by molar-refractivity contribution is 9.10. The molecule has 8 heteroatoms. The maximum Gasteiger partial charge on any atom is 0.243 e. The second-order valence-electron chi connectivity index (χ2n) is 3.80. The van der Waals surface area contributed by atoms with Gasteiger partial charge in [0.2, 0.25) is 10.0 Å². The van der Waals surface area contributed by atoms with Gasteiger partial charge in [0.25, 0.3) is 0 Å². The Kier molecular flexibility index (Phi) is 4.33. The van der Waals surface area contributed by atoms with Crippen molar-refractivity contribution in [3.05, 3.63) is 46.7 Å². The number of benzene rings is 1. The summed E-state index contributed by atoms with van der Waals surface area (Å²) < 4.78 is 40.2. The number of H-pyrrole nitrogens is 1. The van der Waals surface area contributed by atoms with Crippen LogP contribution in [0.5, 0.6) is 0 Å². The maximum atomic E-state index is 13.6. The quantitative estimate of drug-likeness (QED) is 0.866. The van der Waals surface area contributed by atoms with Crippen LogP contribution in [-0.2, 0) is 16.4 Å². The van der Waals surface area contributed by atoms with E-state index in [1.165, 1.54) is 18.5 Å². The summed E-state index contributed by atoms with van der Waals surface area (Å²) in [6.07, 6.45) is 3.57. The lowest BCUT2D eigenvalue weighted by molar-refractivity contribution is 0.556. The number of halogens is 2. The molecule has 2 rings (SSSR count). The first-order valence-corrected chi connectivity index (χ1v) is 7.68. The Bertz CT molecular complexity index is 659. The van der Waals surface area contributed by atoms with Crippen molar-refractivity contribution in [2.75, 3.05) is 6.54 Å². The molecule has 0 fully saturated rings. The van der Waals surface area contributed by atoms with E-state index in [1.54, 1.807) is 6.20 Å². The number of nitrogens with one attached hydrogen (secondary N) is 2. The minimum absolute atomic E-state index is 0.167. The summed E-state index contributed by atoms with van der Waals surface area (Å²) in [6, 6.07) is 3.81. The van der Waals surface area contributed by atoms with Crippen molar-refractivity contribution in [3.63, 3.8) is 0 Å². The molecule has 19 heavy (non-hydrogen) atoms. The normalized spacial score (nSPS) is 11.7. The standard InChI is InChI=1S/C11H11BrFN3O2S/c12-8-1-2-11(10(13)5-8)19(17,18)16-4-3-9-6-14-7-15-9/h1-2,5-7,16H,3-4H2,(H,14,15). The number of nitrogens with zero attached hydrogens (tertiary/aromatic N) is 1. The molecule has 0 aliphatic rings. The minimum Gasteiger partial charge on any atom is -0.348 e. The fraction of sp³-hybridized carbons (Fsp3) is 0.182. The van der Waals surface area contributed by atoms with Crippen molar-refractivity contribution in [1.29, 1.82) is 0 Å². The third kappa shape index (κ3) is 3.62. The van der Waals surface area contributed by atoms with Crippen LogP contribution >= 0.6 is 15.9 Å². The first-order chi connectivity index (χ1) is 8.99. The Morgan fingerprint density at radius 2 is 2.21 bits per heavy atom. The summed E-state index contributed by atoms with van der Waals surface area (Å²) in [5, 5.41) is 0. The van der Waals surface area contributed by atoms with Crippen molar-refractivity contribution in [3.8, 4) is 0 Å². The summed E-state index contributed by atoms with van der Waals surface area (Å²) in [7, 11) is -3.84. The molecule has 0 aliphatic carbocycles. The van der Waals surface area contributed by atoms with Crippen LogP contribution in [0.2, 0.25) is 0 Å². The van der Waals surface area contributed by atoms with E-state index < -0.39 is 15.8 Å². The van der Waals surface area contributed by atoms with Gasteiger partial charge in [-0.05, 0) is 18.2 Å². The summed E-state index contributed by atoms with van der Waals surface area (Å²) in [5.41, 5.74) is 0.805. The molecule has 0 atom stereocenters. The van der Waals surface area contributed by atoms with Crippen molar-refractivity contribution in [2.24, 2.45) is 0 Å². The molecule has 0 amide bonds. The summed E-state index contributed by atoms with van der Waals surface area (Å²) in [6.45, 7) is 0.167. The molecule has 0 aliphatic heterocycles. The van der Waals surface area contributed by atoms with Gasteiger partial charge < -0.3 is 4.98 Å². The second-order valence-corrected chi connectivity index (χ2v) is 6.45. The Balaban J connectivity index is 2.05. The zero-order chi connectivity index (χ0) is 13.9.